The lowest BCUT2D eigenvalue weighted by Gasteiger charge is -2.35. The van der Waals surface area contributed by atoms with Crippen LogP contribution in [0.4, 0.5) is 0 Å². The van der Waals surface area contributed by atoms with E-state index >= 15 is 0 Å². The minimum atomic E-state index is -0.420. The molecule has 3 aliphatic rings. The third-order valence-corrected chi connectivity index (χ3v) is 7.41. The Morgan fingerprint density at radius 2 is 1.88 bits per heavy atom. The average Bonchev–Trinajstić information content (AvgIpc) is 2.98. The second kappa shape index (κ2) is 9.74. The van der Waals surface area contributed by atoms with E-state index in [0.29, 0.717) is 6.42 Å². The average molecular weight is 444 g/mol. The highest BCUT2D eigenvalue weighted by atomic mass is 16.5. The van der Waals surface area contributed by atoms with Crippen LogP contribution in [-0.2, 0) is 12.0 Å². The largest absolute Gasteiger partial charge is 0.490 e. The minimum Gasteiger partial charge on any atom is -0.490 e. The zero-order valence-electron chi connectivity index (χ0n) is 20.6. The molecule has 1 aromatic carbocycles. The van der Waals surface area contributed by atoms with Gasteiger partial charge in [-0.2, -0.15) is 0 Å². The van der Waals surface area contributed by atoms with Crippen LogP contribution in [0.3, 0.4) is 0 Å². The first-order valence-electron chi connectivity index (χ1n) is 12.6. The Bertz CT molecular complexity index is 816. The molecule has 0 radical (unpaired) electrons. The predicted molar refractivity (Wildman–Crippen MR) is 129 cm³/mol. The normalized spacial score (nSPS) is 26.9. The van der Waals surface area contributed by atoms with Crippen LogP contribution in [0.15, 0.2) is 24.3 Å². The molecule has 0 saturated heterocycles. The highest BCUT2D eigenvalue weighted by molar-refractivity contribution is 5.61. The molecule has 1 N–H and O–H groups in total. The summed E-state index contributed by atoms with van der Waals surface area (Å²) in [4.78, 5) is 2.39. The van der Waals surface area contributed by atoms with Crippen LogP contribution in [0.25, 0.3) is 0 Å². The highest BCUT2D eigenvalue weighted by Crippen LogP contribution is 2.55. The molecule has 5 heteroatoms. The number of hydrogen-bond donors (Lipinski definition) is 1. The van der Waals surface area contributed by atoms with Crippen LogP contribution >= 0.6 is 0 Å². The van der Waals surface area contributed by atoms with Gasteiger partial charge >= 0.3 is 0 Å². The molecule has 5 nitrogen and oxygen atoms in total. The van der Waals surface area contributed by atoms with Crippen molar-refractivity contribution < 1.29 is 19.1 Å². The SMILES string of the molecule is CN1CC[C@@]23C=C[C@H](O)C[C@@H]2Oc2c(OCCCCCCCC[N+](C)(C)C)ccc(c23)C1. The Morgan fingerprint density at radius 1 is 1.12 bits per heavy atom. The van der Waals surface area contributed by atoms with Crippen LogP contribution in [-0.4, -0.2) is 74.6 Å². The van der Waals surface area contributed by atoms with Gasteiger partial charge in [0, 0.05) is 18.5 Å². The van der Waals surface area contributed by atoms with Crippen molar-refractivity contribution in [3.05, 3.63) is 35.4 Å². The summed E-state index contributed by atoms with van der Waals surface area (Å²) in [7, 11) is 8.99. The van der Waals surface area contributed by atoms with Crippen LogP contribution in [0, 0.1) is 0 Å². The Labute approximate surface area is 194 Å². The van der Waals surface area contributed by atoms with Gasteiger partial charge in [0.2, 0.25) is 0 Å². The topological polar surface area (TPSA) is 41.9 Å². The van der Waals surface area contributed by atoms with Gasteiger partial charge in [-0.1, -0.05) is 37.5 Å². The number of aliphatic hydroxyl groups excluding tert-OH is 1. The summed E-state index contributed by atoms with van der Waals surface area (Å²) < 4.78 is 13.8. The third-order valence-electron chi connectivity index (χ3n) is 7.41. The molecule has 1 spiro atoms. The lowest BCUT2D eigenvalue weighted by molar-refractivity contribution is -0.870. The first-order valence-corrected chi connectivity index (χ1v) is 12.6. The zero-order chi connectivity index (χ0) is 22.8. The van der Waals surface area contributed by atoms with Gasteiger partial charge in [0.05, 0.1) is 45.8 Å². The molecule has 0 aromatic heterocycles. The molecule has 4 rings (SSSR count). The van der Waals surface area contributed by atoms with Crippen LogP contribution < -0.4 is 9.47 Å². The maximum absolute atomic E-state index is 10.2. The Morgan fingerprint density at radius 3 is 2.66 bits per heavy atom. The summed E-state index contributed by atoms with van der Waals surface area (Å²) in [5.74, 6) is 1.81. The van der Waals surface area contributed by atoms with E-state index in [4.69, 9.17) is 9.47 Å². The summed E-state index contributed by atoms with van der Waals surface area (Å²) in [5.41, 5.74) is 2.52. The number of unbranched alkanes of at least 4 members (excludes halogenated alkanes) is 5. The third kappa shape index (κ3) is 5.16. The molecule has 3 atom stereocenters. The van der Waals surface area contributed by atoms with Gasteiger partial charge in [-0.25, -0.2) is 0 Å². The van der Waals surface area contributed by atoms with Crippen molar-refractivity contribution in [3.8, 4) is 11.5 Å². The molecule has 0 unspecified atom stereocenters. The maximum Gasteiger partial charge on any atom is 0.166 e. The Hall–Kier alpha value is -1.56. The van der Waals surface area contributed by atoms with Crippen molar-refractivity contribution in [2.75, 3.05) is 47.9 Å². The number of nitrogens with zero attached hydrogens (tertiary/aromatic N) is 2. The fraction of sp³-hybridized carbons (Fsp3) is 0.704. The number of quaternary nitrogens is 1. The number of rotatable bonds is 10. The van der Waals surface area contributed by atoms with E-state index in [-0.39, 0.29) is 11.5 Å². The van der Waals surface area contributed by atoms with Crippen molar-refractivity contribution in [3.63, 3.8) is 0 Å². The highest BCUT2D eigenvalue weighted by Gasteiger charge is 2.52. The zero-order valence-corrected chi connectivity index (χ0v) is 20.6. The standard InChI is InChI=1S/C27H43N2O3/c1-28-16-15-27-14-13-22(30)19-24(27)32-26-23(12-11-21(20-28)25(26)27)31-18-10-8-6-5-7-9-17-29(2,3)4/h11-14,22,24,30H,5-10,15-20H2,1-4H3/q+1/t22-,24-,27-/m0/s1. The van der Waals surface area contributed by atoms with Crippen molar-refractivity contribution in [2.24, 2.45) is 0 Å². The van der Waals surface area contributed by atoms with E-state index in [0.717, 1.165) is 48.5 Å². The summed E-state index contributed by atoms with van der Waals surface area (Å²) in [6.07, 6.45) is 13.0. The molecule has 2 heterocycles. The fourth-order valence-corrected chi connectivity index (χ4v) is 5.61. The quantitative estimate of drug-likeness (QED) is 0.333. The van der Waals surface area contributed by atoms with Gasteiger partial charge in [0.25, 0.3) is 0 Å². The first-order chi connectivity index (χ1) is 15.3. The Kier molecular flexibility index (Phi) is 7.18. The minimum absolute atomic E-state index is 0.000722. The van der Waals surface area contributed by atoms with E-state index < -0.39 is 6.10 Å². The van der Waals surface area contributed by atoms with Gasteiger partial charge < -0.3 is 24.0 Å². The molecule has 2 aliphatic heterocycles. The van der Waals surface area contributed by atoms with Crippen molar-refractivity contribution in [1.82, 2.24) is 4.90 Å². The molecule has 1 aromatic rings. The van der Waals surface area contributed by atoms with E-state index in [1.165, 1.54) is 49.8 Å². The van der Waals surface area contributed by atoms with Gasteiger partial charge in [-0.3, -0.25) is 0 Å². The van der Waals surface area contributed by atoms with Gasteiger partial charge in [0.15, 0.2) is 11.5 Å². The molecular formula is C27H43N2O3+. The van der Waals surface area contributed by atoms with Crippen LogP contribution in [0.2, 0.25) is 0 Å². The summed E-state index contributed by atoms with van der Waals surface area (Å²) in [6.45, 7) is 3.96. The summed E-state index contributed by atoms with van der Waals surface area (Å²) in [6, 6.07) is 4.33. The lowest BCUT2D eigenvalue weighted by atomic mass is 9.69. The van der Waals surface area contributed by atoms with Crippen molar-refractivity contribution in [1.29, 1.82) is 0 Å². The van der Waals surface area contributed by atoms with Crippen LogP contribution in [0.1, 0.15) is 62.5 Å². The van der Waals surface area contributed by atoms with Crippen LogP contribution in [0.5, 0.6) is 11.5 Å². The van der Waals surface area contributed by atoms with Gasteiger partial charge in [0.1, 0.15) is 6.10 Å². The molecule has 0 fully saturated rings. The molecule has 0 amide bonds. The maximum atomic E-state index is 10.2. The Balaban J connectivity index is 1.34. The summed E-state index contributed by atoms with van der Waals surface area (Å²) >= 11 is 0. The number of ether oxygens (including phenoxy) is 2. The summed E-state index contributed by atoms with van der Waals surface area (Å²) in [5, 5.41) is 10.2. The van der Waals surface area contributed by atoms with Crippen molar-refractivity contribution >= 4 is 0 Å². The fourth-order valence-electron chi connectivity index (χ4n) is 5.61. The van der Waals surface area contributed by atoms with E-state index in [1.54, 1.807) is 0 Å². The molecule has 0 bridgehead atoms. The smallest absolute Gasteiger partial charge is 0.166 e. The monoisotopic (exact) mass is 443 g/mol. The molecule has 0 saturated carbocycles. The molecular weight excluding hydrogens is 400 g/mol. The number of aliphatic hydroxyl groups is 1. The second-order valence-electron chi connectivity index (χ2n) is 11.2. The van der Waals surface area contributed by atoms with Crippen molar-refractivity contribution in [2.45, 2.75) is 75.5 Å². The molecule has 1 aliphatic carbocycles. The first kappa shape index (κ1) is 23.6. The number of benzene rings is 1. The second-order valence-corrected chi connectivity index (χ2v) is 11.2. The van der Waals surface area contributed by atoms with E-state index in [9.17, 15) is 5.11 Å². The molecule has 178 valence electrons. The van der Waals surface area contributed by atoms with Gasteiger partial charge in [-0.15, -0.1) is 0 Å². The number of hydrogen-bond acceptors (Lipinski definition) is 4. The van der Waals surface area contributed by atoms with E-state index in [1.807, 2.05) is 6.08 Å². The predicted octanol–water partition coefficient (Wildman–Crippen LogP) is 4.27. The molecule has 32 heavy (non-hydrogen) atoms. The van der Waals surface area contributed by atoms with E-state index in [2.05, 4.69) is 51.3 Å². The van der Waals surface area contributed by atoms with Gasteiger partial charge in [-0.05, 0) is 50.9 Å². The lowest BCUT2D eigenvalue weighted by Crippen LogP contribution is -2.42.